The molecule has 0 aliphatic heterocycles. The molecule has 0 fully saturated rings. The molecule has 0 aliphatic carbocycles. The SMILES string of the molecule is C#CCOc1ccc(N(C)C(=O)OCc2ccccc2)cc1. The van der Waals surface area contributed by atoms with Gasteiger partial charge in [0.15, 0.2) is 0 Å². The van der Waals surface area contributed by atoms with Crippen molar-refractivity contribution >= 4 is 11.8 Å². The Morgan fingerprint density at radius 3 is 2.45 bits per heavy atom. The fourth-order valence-electron chi connectivity index (χ4n) is 1.81. The minimum absolute atomic E-state index is 0.217. The Bertz CT molecular complexity index is 644. The first kappa shape index (κ1) is 15.5. The number of amides is 1. The molecule has 0 bridgehead atoms. The predicted octanol–water partition coefficient (Wildman–Crippen LogP) is 3.47. The molecule has 0 N–H and O–H groups in total. The monoisotopic (exact) mass is 295 g/mol. The first-order valence-electron chi connectivity index (χ1n) is 6.81. The van der Waals surface area contributed by atoms with E-state index >= 15 is 0 Å². The van der Waals surface area contributed by atoms with E-state index in [-0.39, 0.29) is 13.2 Å². The number of carbonyl (C=O) groups is 1. The molecule has 22 heavy (non-hydrogen) atoms. The van der Waals surface area contributed by atoms with Gasteiger partial charge in [-0.25, -0.2) is 4.79 Å². The maximum atomic E-state index is 12.0. The highest BCUT2D eigenvalue weighted by Crippen LogP contribution is 2.19. The maximum absolute atomic E-state index is 12.0. The van der Waals surface area contributed by atoms with Gasteiger partial charge >= 0.3 is 6.09 Å². The fraction of sp³-hybridized carbons (Fsp3) is 0.167. The summed E-state index contributed by atoms with van der Waals surface area (Å²) in [5, 5.41) is 0. The summed E-state index contributed by atoms with van der Waals surface area (Å²) in [5.41, 5.74) is 1.66. The van der Waals surface area contributed by atoms with Crippen LogP contribution in [0.1, 0.15) is 5.56 Å². The molecule has 0 saturated carbocycles. The molecule has 0 aliphatic rings. The molecule has 0 radical (unpaired) electrons. The summed E-state index contributed by atoms with van der Waals surface area (Å²) in [7, 11) is 1.66. The topological polar surface area (TPSA) is 38.8 Å². The van der Waals surface area contributed by atoms with Crippen molar-refractivity contribution in [3.8, 4) is 18.1 Å². The zero-order valence-electron chi connectivity index (χ0n) is 12.4. The van der Waals surface area contributed by atoms with Crippen molar-refractivity contribution in [2.75, 3.05) is 18.6 Å². The van der Waals surface area contributed by atoms with Crippen LogP contribution < -0.4 is 9.64 Å². The molecule has 2 rings (SSSR count). The highest BCUT2D eigenvalue weighted by atomic mass is 16.6. The summed E-state index contributed by atoms with van der Waals surface area (Å²) >= 11 is 0. The first-order chi connectivity index (χ1) is 10.7. The predicted molar refractivity (Wildman–Crippen MR) is 85.8 cm³/mol. The molecule has 0 heterocycles. The minimum Gasteiger partial charge on any atom is -0.481 e. The fourth-order valence-corrected chi connectivity index (χ4v) is 1.81. The van der Waals surface area contributed by atoms with E-state index < -0.39 is 6.09 Å². The molecule has 1 amide bonds. The van der Waals surface area contributed by atoms with E-state index in [0.717, 1.165) is 5.56 Å². The van der Waals surface area contributed by atoms with Gasteiger partial charge in [-0.2, -0.15) is 0 Å². The van der Waals surface area contributed by atoms with Crippen LogP contribution in [-0.2, 0) is 11.3 Å². The van der Waals surface area contributed by atoms with Crippen LogP contribution in [0.2, 0.25) is 0 Å². The molecule has 2 aromatic carbocycles. The third-order valence-corrected chi connectivity index (χ3v) is 3.03. The standard InChI is InChI=1S/C18H17NO3/c1-3-13-21-17-11-9-16(10-12-17)19(2)18(20)22-14-15-7-5-4-6-8-15/h1,4-12H,13-14H2,2H3. The Morgan fingerprint density at radius 1 is 1.14 bits per heavy atom. The van der Waals surface area contributed by atoms with Crippen LogP contribution in [0, 0.1) is 12.3 Å². The number of nitrogens with zero attached hydrogens (tertiary/aromatic N) is 1. The van der Waals surface area contributed by atoms with E-state index in [1.165, 1.54) is 4.90 Å². The highest BCUT2D eigenvalue weighted by Gasteiger charge is 2.12. The Kier molecular flexibility index (Phi) is 5.44. The van der Waals surface area contributed by atoms with Gasteiger partial charge in [-0.3, -0.25) is 4.90 Å². The summed E-state index contributed by atoms with van der Waals surface area (Å²) < 4.78 is 10.6. The molecule has 112 valence electrons. The van der Waals surface area contributed by atoms with Crippen molar-refractivity contribution in [1.29, 1.82) is 0 Å². The molecule has 4 heteroatoms. The summed E-state index contributed by atoms with van der Waals surface area (Å²) in [5.74, 6) is 3.06. The van der Waals surface area contributed by atoms with E-state index in [9.17, 15) is 4.79 Å². The van der Waals surface area contributed by atoms with Crippen molar-refractivity contribution in [2.45, 2.75) is 6.61 Å². The Balaban J connectivity index is 1.91. The van der Waals surface area contributed by atoms with Crippen molar-refractivity contribution in [3.63, 3.8) is 0 Å². The second-order valence-corrected chi connectivity index (χ2v) is 4.59. The third kappa shape index (κ3) is 4.29. The lowest BCUT2D eigenvalue weighted by molar-refractivity contribution is 0.148. The zero-order valence-corrected chi connectivity index (χ0v) is 12.4. The normalized spacial score (nSPS) is 9.64. The first-order valence-corrected chi connectivity index (χ1v) is 6.81. The zero-order chi connectivity index (χ0) is 15.8. The Hall–Kier alpha value is -2.93. The minimum atomic E-state index is -0.416. The molecule has 0 spiro atoms. The smallest absolute Gasteiger partial charge is 0.414 e. The molecule has 4 nitrogen and oxygen atoms in total. The van der Waals surface area contributed by atoms with Crippen molar-refractivity contribution in [2.24, 2.45) is 0 Å². The van der Waals surface area contributed by atoms with Crippen LogP contribution in [0.15, 0.2) is 54.6 Å². The number of terminal acetylenes is 1. The van der Waals surface area contributed by atoms with Crippen molar-refractivity contribution in [3.05, 3.63) is 60.2 Å². The number of hydrogen-bond donors (Lipinski definition) is 0. The van der Waals surface area contributed by atoms with Gasteiger partial charge in [0.2, 0.25) is 0 Å². The molecule has 0 aromatic heterocycles. The average molecular weight is 295 g/mol. The van der Waals surface area contributed by atoms with Crippen molar-refractivity contribution in [1.82, 2.24) is 0 Å². The Morgan fingerprint density at radius 2 is 1.82 bits per heavy atom. The van der Waals surface area contributed by atoms with Gasteiger partial charge in [-0.1, -0.05) is 36.3 Å². The molecular weight excluding hydrogens is 278 g/mol. The molecule has 2 aromatic rings. The summed E-state index contributed by atoms with van der Waals surface area (Å²) in [6.07, 6.45) is 4.72. The van der Waals surface area contributed by atoms with Crippen LogP contribution >= 0.6 is 0 Å². The van der Waals surface area contributed by atoms with Crippen LogP contribution in [-0.4, -0.2) is 19.7 Å². The second-order valence-electron chi connectivity index (χ2n) is 4.59. The van der Waals surface area contributed by atoms with Gasteiger partial charge < -0.3 is 9.47 Å². The van der Waals surface area contributed by atoms with Crippen LogP contribution in [0.4, 0.5) is 10.5 Å². The van der Waals surface area contributed by atoms with E-state index in [1.807, 2.05) is 30.3 Å². The number of benzene rings is 2. The highest BCUT2D eigenvalue weighted by molar-refractivity contribution is 5.86. The quantitative estimate of drug-likeness (QED) is 0.793. The van der Waals surface area contributed by atoms with Gasteiger partial charge in [-0.05, 0) is 29.8 Å². The number of hydrogen-bond acceptors (Lipinski definition) is 3. The maximum Gasteiger partial charge on any atom is 0.414 e. The van der Waals surface area contributed by atoms with Crippen LogP contribution in [0.3, 0.4) is 0 Å². The van der Waals surface area contributed by atoms with Crippen molar-refractivity contribution < 1.29 is 14.3 Å². The molecular formula is C18H17NO3. The lowest BCUT2D eigenvalue weighted by atomic mass is 10.2. The van der Waals surface area contributed by atoms with E-state index in [2.05, 4.69) is 5.92 Å². The average Bonchev–Trinajstić information content (AvgIpc) is 2.58. The summed E-state index contributed by atoms with van der Waals surface area (Å²) in [6.45, 7) is 0.460. The van der Waals surface area contributed by atoms with Gasteiger partial charge in [0.25, 0.3) is 0 Å². The van der Waals surface area contributed by atoms with E-state index in [1.54, 1.807) is 31.3 Å². The largest absolute Gasteiger partial charge is 0.481 e. The van der Waals surface area contributed by atoms with Gasteiger partial charge in [-0.15, -0.1) is 6.42 Å². The van der Waals surface area contributed by atoms with Crippen LogP contribution in [0.5, 0.6) is 5.75 Å². The molecule has 0 atom stereocenters. The second kappa shape index (κ2) is 7.75. The number of anilines is 1. The van der Waals surface area contributed by atoms with Crippen LogP contribution in [0.25, 0.3) is 0 Å². The van der Waals surface area contributed by atoms with E-state index in [4.69, 9.17) is 15.9 Å². The molecule has 0 saturated heterocycles. The number of carbonyl (C=O) groups excluding carboxylic acids is 1. The van der Waals surface area contributed by atoms with Gasteiger partial charge in [0, 0.05) is 12.7 Å². The Labute approximate surface area is 130 Å². The lowest BCUT2D eigenvalue weighted by Gasteiger charge is -2.17. The lowest BCUT2D eigenvalue weighted by Crippen LogP contribution is -2.26. The molecule has 0 unspecified atom stereocenters. The number of ether oxygens (including phenoxy) is 2. The van der Waals surface area contributed by atoms with Gasteiger partial charge in [0.1, 0.15) is 19.0 Å². The van der Waals surface area contributed by atoms with Gasteiger partial charge in [0.05, 0.1) is 0 Å². The summed E-state index contributed by atoms with van der Waals surface area (Å²) in [4.78, 5) is 13.5. The third-order valence-electron chi connectivity index (χ3n) is 3.03. The summed E-state index contributed by atoms with van der Waals surface area (Å²) in [6, 6.07) is 16.6. The number of rotatable bonds is 5. The van der Waals surface area contributed by atoms with E-state index in [0.29, 0.717) is 11.4 Å².